The van der Waals surface area contributed by atoms with Crippen molar-refractivity contribution in [2.45, 2.75) is 6.42 Å². The molecule has 1 aliphatic heterocycles. The van der Waals surface area contributed by atoms with E-state index in [9.17, 15) is 9.59 Å². The Bertz CT molecular complexity index is 652. The number of urea groups is 1. The molecular formula is C11H9BrN4O2. The molecule has 0 saturated carbocycles. The third-order valence-corrected chi connectivity index (χ3v) is 3.40. The number of imide groups is 1. The van der Waals surface area contributed by atoms with Crippen molar-refractivity contribution in [3.8, 4) is 0 Å². The number of carbonyl (C=O) groups is 2. The number of fused-ring (bicyclic) bond motifs is 1. The van der Waals surface area contributed by atoms with E-state index >= 15 is 0 Å². The van der Waals surface area contributed by atoms with E-state index in [0.717, 1.165) is 15.9 Å². The van der Waals surface area contributed by atoms with E-state index < -0.39 is 0 Å². The highest BCUT2D eigenvalue weighted by Gasteiger charge is 2.24. The Morgan fingerprint density at radius 2 is 2.22 bits per heavy atom. The van der Waals surface area contributed by atoms with Gasteiger partial charge in [-0.1, -0.05) is 0 Å². The first-order chi connectivity index (χ1) is 8.65. The third kappa shape index (κ3) is 1.76. The van der Waals surface area contributed by atoms with Gasteiger partial charge in [0, 0.05) is 25.2 Å². The van der Waals surface area contributed by atoms with Gasteiger partial charge in [0.05, 0.1) is 11.9 Å². The Balaban J connectivity index is 1.99. The van der Waals surface area contributed by atoms with Gasteiger partial charge in [0.15, 0.2) is 0 Å². The van der Waals surface area contributed by atoms with Crippen molar-refractivity contribution in [1.82, 2.24) is 14.7 Å². The fraction of sp³-hybridized carbons (Fsp3) is 0.182. The van der Waals surface area contributed by atoms with Gasteiger partial charge in [-0.3, -0.25) is 19.4 Å². The van der Waals surface area contributed by atoms with Crippen molar-refractivity contribution < 1.29 is 9.59 Å². The topological polar surface area (TPSA) is 66.7 Å². The second-order valence-corrected chi connectivity index (χ2v) is 4.76. The van der Waals surface area contributed by atoms with Gasteiger partial charge in [0.1, 0.15) is 10.3 Å². The van der Waals surface area contributed by atoms with Crippen LogP contribution in [0.1, 0.15) is 6.42 Å². The van der Waals surface area contributed by atoms with Crippen LogP contribution in [0.5, 0.6) is 0 Å². The highest BCUT2D eigenvalue weighted by molar-refractivity contribution is 9.10. The minimum Gasteiger partial charge on any atom is -0.294 e. The van der Waals surface area contributed by atoms with Gasteiger partial charge in [-0.15, -0.1) is 0 Å². The van der Waals surface area contributed by atoms with Crippen LogP contribution in [0.15, 0.2) is 29.1 Å². The molecule has 0 radical (unpaired) electrons. The normalized spacial score (nSPS) is 16.2. The van der Waals surface area contributed by atoms with Crippen LogP contribution in [-0.4, -0.2) is 27.9 Å². The molecule has 0 aliphatic carbocycles. The number of nitrogens with zero attached hydrogens (tertiary/aromatic N) is 3. The van der Waals surface area contributed by atoms with Crippen molar-refractivity contribution >= 4 is 39.2 Å². The molecule has 6 nitrogen and oxygen atoms in total. The number of anilines is 1. The summed E-state index contributed by atoms with van der Waals surface area (Å²) in [5, 5.41) is 2.29. The summed E-state index contributed by atoms with van der Waals surface area (Å²) in [7, 11) is 0. The molecule has 3 heterocycles. The molecule has 0 spiro atoms. The summed E-state index contributed by atoms with van der Waals surface area (Å²) < 4.78 is 2.71. The van der Waals surface area contributed by atoms with Gasteiger partial charge >= 0.3 is 6.03 Å². The molecule has 1 aliphatic rings. The molecule has 0 unspecified atom stereocenters. The predicted molar refractivity (Wildman–Crippen MR) is 68.4 cm³/mol. The Labute approximate surface area is 111 Å². The van der Waals surface area contributed by atoms with E-state index in [1.54, 1.807) is 12.3 Å². The molecule has 2 aromatic rings. The van der Waals surface area contributed by atoms with Crippen LogP contribution in [0, 0.1) is 0 Å². The molecule has 18 heavy (non-hydrogen) atoms. The monoisotopic (exact) mass is 308 g/mol. The summed E-state index contributed by atoms with van der Waals surface area (Å²) in [6, 6.07) is 3.23. The predicted octanol–water partition coefficient (Wildman–Crippen LogP) is 1.54. The number of rotatable bonds is 1. The molecule has 92 valence electrons. The summed E-state index contributed by atoms with van der Waals surface area (Å²) in [5.74, 6) is -0.235. The second kappa shape index (κ2) is 4.09. The summed E-state index contributed by atoms with van der Waals surface area (Å²) >= 11 is 3.37. The van der Waals surface area contributed by atoms with E-state index in [1.807, 2.05) is 16.7 Å². The van der Waals surface area contributed by atoms with Gasteiger partial charge < -0.3 is 0 Å². The average molecular weight is 309 g/mol. The molecule has 1 N–H and O–H groups in total. The number of hydrogen-bond acceptors (Lipinski definition) is 3. The van der Waals surface area contributed by atoms with Gasteiger partial charge in [0.2, 0.25) is 5.91 Å². The average Bonchev–Trinajstić information content (AvgIpc) is 2.71. The van der Waals surface area contributed by atoms with Crippen molar-refractivity contribution in [2.75, 3.05) is 11.4 Å². The zero-order valence-electron chi connectivity index (χ0n) is 9.26. The molecular weight excluding hydrogens is 300 g/mol. The molecule has 1 fully saturated rings. The van der Waals surface area contributed by atoms with Gasteiger partial charge in [-0.2, -0.15) is 0 Å². The number of amides is 3. The molecule has 0 aromatic carbocycles. The van der Waals surface area contributed by atoms with Gasteiger partial charge in [-0.25, -0.2) is 9.78 Å². The summed E-state index contributed by atoms with van der Waals surface area (Å²) in [6.07, 6.45) is 3.83. The lowest BCUT2D eigenvalue weighted by molar-refractivity contribution is -0.120. The fourth-order valence-electron chi connectivity index (χ4n) is 1.92. The number of halogens is 1. The lowest BCUT2D eigenvalue weighted by atomic mass is 10.2. The Morgan fingerprint density at radius 1 is 1.39 bits per heavy atom. The first kappa shape index (κ1) is 11.2. The number of aromatic nitrogens is 2. The SMILES string of the molecule is O=C1CCN(c2ccn3c(Br)cnc3c2)C(=O)N1. The summed E-state index contributed by atoms with van der Waals surface area (Å²) in [5.41, 5.74) is 1.47. The van der Waals surface area contributed by atoms with Crippen LogP contribution in [-0.2, 0) is 4.79 Å². The molecule has 0 bridgehead atoms. The van der Waals surface area contributed by atoms with Crippen molar-refractivity contribution in [1.29, 1.82) is 0 Å². The van der Waals surface area contributed by atoms with Crippen LogP contribution >= 0.6 is 15.9 Å². The third-order valence-electron chi connectivity index (χ3n) is 2.82. The Hall–Kier alpha value is -1.89. The lowest BCUT2D eigenvalue weighted by Gasteiger charge is -2.26. The van der Waals surface area contributed by atoms with Gasteiger partial charge in [0.25, 0.3) is 0 Å². The molecule has 0 atom stereocenters. The first-order valence-electron chi connectivity index (χ1n) is 5.39. The van der Waals surface area contributed by atoms with Crippen LogP contribution in [0.2, 0.25) is 0 Å². The molecule has 2 aromatic heterocycles. The minimum absolute atomic E-state index is 0.235. The summed E-state index contributed by atoms with van der Waals surface area (Å²) in [6.45, 7) is 0.392. The number of nitrogens with one attached hydrogen (secondary N) is 1. The number of hydrogen-bond donors (Lipinski definition) is 1. The first-order valence-corrected chi connectivity index (χ1v) is 6.18. The molecule has 3 rings (SSSR count). The van der Waals surface area contributed by atoms with Crippen molar-refractivity contribution in [3.63, 3.8) is 0 Å². The molecule has 7 heteroatoms. The minimum atomic E-state index is -0.388. The highest BCUT2D eigenvalue weighted by atomic mass is 79.9. The van der Waals surface area contributed by atoms with E-state index in [1.165, 1.54) is 4.90 Å². The molecule has 3 amide bonds. The lowest BCUT2D eigenvalue weighted by Crippen LogP contribution is -2.49. The zero-order valence-corrected chi connectivity index (χ0v) is 10.8. The standard InChI is InChI=1S/C11H9BrN4O2/c12-8-6-13-9-5-7(1-3-16(8)9)15-4-2-10(17)14-11(15)18/h1,3,5-6H,2,4H2,(H,14,17,18). The maximum Gasteiger partial charge on any atom is 0.328 e. The zero-order chi connectivity index (χ0) is 12.7. The van der Waals surface area contributed by atoms with Crippen molar-refractivity contribution in [3.05, 3.63) is 29.1 Å². The van der Waals surface area contributed by atoms with Crippen LogP contribution in [0.25, 0.3) is 5.65 Å². The number of pyridine rings is 1. The van der Waals surface area contributed by atoms with Gasteiger partial charge in [-0.05, 0) is 22.0 Å². The van der Waals surface area contributed by atoms with Crippen LogP contribution < -0.4 is 10.2 Å². The summed E-state index contributed by atoms with van der Waals surface area (Å²) in [4.78, 5) is 28.5. The smallest absolute Gasteiger partial charge is 0.294 e. The van der Waals surface area contributed by atoms with Crippen LogP contribution in [0.3, 0.4) is 0 Å². The Kier molecular flexibility index (Phi) is 2.55. The number of carbonyl (C=O) groups excluding carboxylic acids is 2. The van der Waals surface area contributed by atoms with Crippen LogP contribution in [0.4, 0.5) is 10.5 Å². The maximum absolute atomic E-state index is 11.7. The molecule has 1 saturated heterocycles. The largest absolute Gasteiger partial charge is 0.328 e. The number of imidazole rings is 1. The van der Waals surface area contributed by atoms with E-state index in [0.29, 0.717) is 13.0 Å². The quantitative estimate of drug-likeness (QED) is 0.869. The van der Waals surface area contributed by atoms with Crippen molar-refractivity contribution in [2.24, 2.45) is 0 Å². The highest BCUT2D eigenvalue weighted by Crippen LogP contribution is 2.21. The Morgan fingerprint density at radius 3 is 3.00 bits per heavy atom. The maximum atomic E-state index is 11.7. The second-order valence-electron chi connectivity index (χ2n) is 3.95. The van der Waals surface area contributed by atoms with E-state index in [4.69, 9.17) is 0 Å². The van der Waals surface area contributed by atoms with E-state index in [2.05, 4.69) is 26.2 Å². The van der Waals surface area contributed by atoms with E-state index in [-0.39, 0.29) is 11.9 Å². The fourth-order valence-corrected chi connectivity index (χ4v) is 2.32.